The van der Waals surface area contributed by atoms with Crippen LogP contribution < -0.4 is 0 Å². The average Bonchev–Trinajstić information content (AvgIpc) is 3.17. The Labute approximate surface area is 122 Å². The first-order chi connectivity index (χ1) is 10.2. The van der Waals surface area contributed by atoms with E-state index in [0.717, 1.165) is 31.9 Å². The van der Waals surface area contributed by atoms with E-state index >= 15 is 0 Å². The third-order valence-electron chi connectivity index (χ3n) is 3.71. The number of aromatic nitrogens is 3. The predicted molar refractivity (Wildman–Crippen MR) is 77.9 cm³/mol. The zero-order valence-electron chi connectivity index (χ0n) is 11.7. The second kappa shape index (κ2) is 6.01. The summed E-state index contributed by atoms with van der Waals surface area (Å²) in [5.41, 5.74) is 0.712. The number of nitrogens with zero attached hydrogens (tertiary/aromatic N) is 4. The van der Waals surface area contributed by atoms with Gasteiger partial charge >= 0.3 is 0 Å². The molecular formula is C14H17N5O2. The van der Waals surface area contributed by atoms with Crippen LogP contribution in [0.2, 0.25) is 0 Å². The smallest absolute Gasteiger partial charge is 0.270 e. The van der Waals surface area contributed by atoms with Crippen molar-refractivity contribution in [3.63, 3.8) is 0 Å². The Morgan fingerprint density at radius 2 is 2.14 bits per heavy atom. The molecule has 7 nitrogen and oxygen atoms in total. The van der Waals surface area contributed by atoms with Crippen LogP contribution in [0, 0.1) is 10.1 Å². The van der Waals surface area contributed by atoms with Crippen LogP contribution in [0.15, 0.2) is 24.3 Å². The van der Waals surface area contributed by atoms with Gasteiger partial charge in [-0.05, 0) is 25.9 Å². The highest BCUT2D eigenvalue weighted by molar-refractivity contribution is 5.58. The number of nitrogens with one attached hydrogen (secondary N) is 1. The SMILES string of the molecule is O=[N+]([O-])c1cccc(-c2n[nH]c(CCN3CCCC3)n2)c1. The molecule has 0 aliphatic carbocycles. The van der Waals surface area contributed by atoms with Crippen molar-refractivity contribution < 1.29 is 4.92 Å². The Kier molecular flexibility index (Phi) is 3.92. The minimum atomic E-state index is -0.412. The largest absolute Gasteiger partial charge is 0.303 e. The molecule has 0 atom stereocenters. The molecule has 0 radical (unpaired) electrons. The molecule has 1 saturated heterocycles. The summed E-state index contributed by atoms with van der Waals surface area (Å²) in [7, 11) is 0. The van der Waals surface area contributed by atoms with Crippen LogP contribution in [0.5, 0.6) is 0 Å². The summed E-state index contributed by atoms with van der Waals surface area (Å²) in [5.74, 6) is 1.33. The molecule has 0 amide bonds. The molecular weight excluding hydrogens is 270 g/mol. The van der Waals surface area contributed by atoms with Crippen LogP contribution in [0.3, 0.4) is 0 Å². The molecule has 1 aromatic heterocycles. The summed E-state index contributed by atoms with van der Waals surface area (Å²) in [6, 6.07) is 6.38. The van der Waals surface area contributed by atoms with Gasteiger partial charge in [-0.3, -0.25) is 15.2 Å². The number of aromatic amines is 1. The number of likely N-dealkylation sites (tertiary alicyclic amines) is 1. The Hall–Kier alpha value is -2.28. The lowest BCUT2D eigenvalue weighted by atomic mass is 10.2. The van der Waals surface area contributed by atoms with E-state index in [4.69, 9.17) is 0 Å². The maximum absolute atomic E-state index is 10.8. The van der Waals surface area contributed by atoms with Crippen LogP contribution in [0.4, 0.5) is 5.69 Å². The van der Waals surface area contributed by atoms with Gasteiger partial charge in [0.15, 0.2) is 5.82 Å². The summed E-state index contributed by atoms with van der Waals surface area (Å²) >= 11 is 0. The monoisotopic (exact) mass is 287 g/mol. The Balaban J connectivity index is 1.69. The van der Waals surface area contributed by atoms with E-state index in [1.807, 2.05) is 0 Å². The normalized spacial score (nSPS) is 15.4. The van der Waals surface area contributed by atoms with E-state index in [1.54, 1.807) is 12.1 Å². The fraction of sp³-hybridized carbons (Fsp3) is 0.429. The molecule has 1 fully saturated rings. The zero-order valence-corrected chi connectivity index (χ0v) is 11.7. The number of nitro groups is 1. The average molecular weight is 287 g/mol. The molecule has 7 heteroatoms. The maximum atomic E-state index is 10.8. The first-order valence-electron chi connectivity index (χ1n) is 7.11. The van der Waals surface area contributed by atoms with Crippen molar-refractivity contribution in [2.24, 2.45) is 0 Å². The highest BCUT2D eigenvalue weighted by Gasteiger charge is 2.14. The number of hydrogen-bond donors (Lipinski definition) is 1. The van der Waals surface area contributed by atoms with Crippen molar-refractivity contribution in [2.45, 2.75) is 19.3 Å². The third kappa shape index (κ3) is 3.25. The van der Waals surface area contributed by atoms with Crippen LogP contribution >= 0.6 is 0 Å². The minimum Gasteiger partial charge on any atom is -0.303 e. The van der Waals surface area contributed by atoms with Gasteiger partial charge in [-0.2, -0.15) is 5.10 Å². The fourth-order valence-electron chi connectivity index (χ4n) is 2.57. The Morgan fingerprint density at radius 1 is 1.33 bits per heavy atom. The lowest BCUT2D eigenvalue weighted by Gasteiger charge is -2.12. The van der Waals surface area contributed by atoms with E-state index in [1.165, 1.54) is 25.0 Å². The van der Waals surface area contributed by atoms with Gasteiger partial charge in [-0.25, -0.2) is 4.98 Å². The standard InChI is InChI=1S/C14H17N5O2/c20-19(21)12-5-3-4-11(10-12)14-15-13(16-17-14)6-9-18-7-1-2-8-18/h3-5,10H,1-2,6-9H2,(H,15,16,17). The molecule has 1 aliphatic heterocycles. The van der Waals surface area contributed by atoms with Crippen molar-refractivity contribution >= 4 is 5.69 Å². The quantitative estimate of drug-likeness (QED) is 0.671. The van der Waals surface area contributed by atoms with Crippen molar-refractivity contribution in [1.29, 1.82) is 0 Å². The Bertz CT molecular complexity index is 634. The maximum Gasteiger partial charge on any atom is 0.270 e. The number of rotatable bonds is 5. The molecule has 2 aromatic rings. The summed E-state index contributed by atoms with van der Waals surface area (Å²) in [4.78, 5) is 17.2. The van der Waals surface area contributed by atoms with E-state index in [0.29, 0.717) is 11.4 Å². The molecule has 1 N–H and O–H groups in total. The highest BCUT2D eigenvalue weighted by atomic mass is 16.6. The van der Waals surface area contributed by atoms with Crippen LogP contribution in [-0.2, 0) is 6.42 Å². The van der Waals surface area contributed by atoms with Crippen molar-refractivity contribution in [3.05, 3.63) is 40.2 Å². The molecule has 0 unspecified atom stereocenters. The second-order valence-electron chi connectivity index (χ2n) is 5.21. The molecule has 0 bridgehead atoms. The molecule has 110 valence electrons. The first-order valence-corrected chi connectivity index (χ1v) is 7.11. The highest BCUT2D eigenvalue weighted by Crippen LogP contribution is 2.20. The Morgan fingerprint density at radius 3 is 2.90 bits per heavy atom. The molecule has 2 heterocycles. The second-order valence-corrected chi connectivity index (χ2v) is 5.21. The summed E-state index contributed by atoms with van der Waals surface area (Å²) in [6.07, 6.45) is 3.37. The van der Waals surface area contributed by atoms with Gasteiger partial charge in [0.2, 0.25) is 0 Å². The topological polar surface area (TPSA) is 87.9 Å². The lowest BCUT2D eigenvalue weighted by Crippen LogP contribution is -2.22. The van der Waals surface area contributed by atoms with Crippen molar-refractivity contribution in [2.75, 3.05) is 19.6 Å². The van der Waals surface area contributed by atoms with Gasteiger partial charge in [-0.1, -0.05) is 12.1 Å². The van der Waals surface area contributed by atoms with E-state index in [9.17, 15) is 10.1 Å². The number of non-ortho nitro benzene ring substituents is 1. The third-order valence-corrected chi connectivity index (χ3v) is 3.71. The molecule has 21 heavy (non-hydrogen) atoms. The van der Waals surface area contributed by atoms with Gasteiger partial charge in [0.1, 0.15) is 5.82 Å². The lowest BCUT2D eigenvalue weighted by molar-refractivity contribution is -0.384. The van der Waals surface area contributed by atoms with Crippen LogP contribution in [0.25, 0.3) is 11.4 Å². The fourth-order valence-corrected chi connectivity index (χ4v) is 2.57. The summed E-state index contributed by atoms with van der Waals surface area (Å²) in [5, 5.41) is 17.9. The van der Waals surface area contributed by atoms with E-state index < -0.39 is 4.92 Å². The first kappa shape index (κ1) is 13.7. The van der Waals surface area contributed by atoms with Gasteiger partial charge in [-0.15, -0.1) is 0 Å². The predicted octanol–water partition coefficient (Wildman–Crippen LogP) is 2.02. The molecule has 1 aliphatic rings. The molecule has 3 rings (SSSR count). The van der Waals surface area contributed by atoms with Crippen LogP contribution in [-0.4, -0.2) is 44.6 Å². The van der Waals surface area contributed by atoms with Gasteiger partial charge in [0.05, 0.1) is 4.92 Å². The number of hydrogen-bond acceptors (Lipinski definition) is 5. The van der Waals surface area contributed by atoms with Gasteiger partial charge in [0.25, 0.3) is 5.69 Å². The van der Waals surface area contributed by atoms with Gasteiger partial charge in [0, 0.05) is 30.7 Å². The van der Waals surface area contributed by atoms with Crippen LogP contribution in [0.1, 0.15) is 18.7 Å². The van der Waals surface area contributed by atoms with Gasteiger partial charge < -0.3 is 4.90 Å². The number of nitro benzene ring substituents is 1. The van der Waals surface area contributed by atoms with E-state index in [-0.39, 0.29) is 5.69 Å². The van der Waals surface area contributed by atoms with Crippen molar-refractivity contribution in [1.82, 2.24) is 20.1 Å². The zero-order chi connectivity index (χ0) is 14.7. The number of benzene rings is 1. The molecule has 0 spiro atoms. The summed E-state index contributed by atoms with van der Waals surface area (Å²) < 4.78 is 0. The number of H-pyrrole nitrogens is 1. The van der Waals surface area contributed by atoms with E-state index in [2.05, 4.69) is 20.1 Å². The molecule has 0 saturated carbocycles. The summed E-state index contributed by atoms with van der Waals surface area (Å²) in [6.45, 7) is 3.29. The van der Waals surface area contributed by atoms with Crippen molar-refractivity contribution in [3.8, 4) is 11.4 Å². The molecule has 1 aromatic carbocycles. The minimum absolute atomic E-state index is 0.0518.